The van der Waals surface area contributed by atoms with Gasteiger partial charge >= 0.3 is 0 Å². The normalized spacial score (nSPS) is 16.3. The molecular weight excluding hydrogens is 454 g/mol. The molecule has 174 valence electrons. The third kappa shape index (κ3) is 4.84. The van der Waals surface area contributed by atoms with Crippen molar-refractivity contribution in [1.82, 2.24) is 14.3 Å². The van der Waals surface area contributed by atoms with Gasteiger partial charge in [-0.15, -0.1) is 0 Å². The van der Waals surface area contributed by atoms with Crippen LogP contribution < -0.4 is 5.32 Å². The highest BCUT2D eigenvalue weighted by molar-refractivity contribution is 6.30. The molecule has 33 heavy (non-hydrogen) atoms. The SMILES string of the molecule is CCC(=O)N1CCO[C@@H](Cc2c(-c3c(F)cc(NC(C)=O)cc3F)nc3cc(Cl)ccn23)C1. The van der Waals surface area contributed by atoms with E-state index in [0.717, 1.165) is 12.1 Å². The number of ether oxygens (including phenoxy) is 1. The summed E-state index contributed by atoms with van der Waals surface area (Å²) in [5.74, 6) is -2.13. The van der Waals surface area contributed by atoms with Crippen molar-refractivity contribution >= 4 is 34.7 Å². The zero-order chi connectivity index (χ0) is 23.7. The predicted molar refractivity (Wildman–Crippen MR) is 120 cm³/mol. The number of benzene rings is 1. The lowest BCUT2D eigenvalue weighted by Crippen LogP contribution is -2.46. The number of carbonyl (C=O) groups is 2. The lowest BCUT2D eigenvalue weighted by molar-refractivity contribution is -0.138. The van der Waals surface area contributed by atoms with Crippen molar-refractivity contribution in [1.29, 1.82) is 0 Å². The number of hydrogen-bond acceptors (Lipinski definition) is 4. The molecule has 2 aromatic heterocycles. The number of nitrogens with one attached hydrogen (secondary N) is 1. The van der Waals surface area contributed by atoms with Crippen LogP contribution in [-0.4, -0.2) is 51.9 Å². The Bertz CT molecular complexity index is 1210. The van der Waals surface area contributed by atoms with Crippen LogP contribution in [-0.2, 0) is 20.7 Å². The smallest absolute Gasteiger partial charge is 0.222 e. The van der Waals surface area contributed by atoms with Gasteiger partial charge in [0.1, 0.15) is 17.3 Å². The van der Waals surface area contributed by atoms with Crippen LogP contribution in [0.2, 0.25) is 5.02 Å². The number of anilines is 1. The summed E-state index contributed by atoms with van der Waals surface area (Å²) in [6.45, 7) is 4.31. The predicted octanol–water partition coefficient (Wildman–Crippen LogP) is 4.07. The maximum Gasteiger partial charge on any atom is 0.222 e. The first-order valence-corrected chi connectivity index (χ1v) is 11.0. The van der Waals surface area contributed by atoms with Crippen molar-refractivity contribution < 1.29 is 23.1 Å². The molecule has 4 rings (SSSR count). The maximum absolute atomic E-state index is 15.1. The number of fused-ring (bicyclic) bond motifs is 1. The van der Waals surface area contributed by atoms with E-state index in [-0.39, 0.29) is 35.4 Å². The Labute approximate surface area is 194 Å². The minimum atomic E-state index is -0.859. The molecule has 0 unspecified atom stereocenters. The number of carbonyl (C=O) groups excluding carboxylic acids is 2. The van der Waals surface area contributed by atoms with Gasteiger partial charge in [-0.25, -0.2) is 13.8 Å². The Morgan fingerprint density at radius 2 is 2.00 bits per heavy atom. The quantitative estimate of drug-likeness (QED) is 0.602. The second-order valence-electron chi connectivity index (χ2n) is 7.87. The van der Waals surface area contributed by atoms with Crippen molar-refractivity contribution in [3.63, 3.8) is 0 Å². The summed E-state index contributed by atoms with van der Waals surface area (Å²) in [6, 6.07) is 5.37. The average Bonchev–Trinajstić information content (AvgIpc) is 3.09. The topological polar surface area (TPSA) is 75.9 Å². The molecule has 1 atom stereocenters. The maximum atomic E-state index is 15.1. The summed E-state index contributed by atoms with van der Waals surface area (Å²) in [6.07, 6.45) is 1.98. The molecule has 1 saturated heterocycles. The Hall–Kier alpha value is -3.04. The lowest BCUT2D eigenvalue weighted by Gasteiger charge is -2.33. The van der Waals surface area contributed by atoms with Crippen LogP contribution in [0.3, 0.4) is 0 Å². The van der Waals surface area contributed by atoms with Gasteiger partial charge in [-0.3, -0.25) is 9.59 Å². The van der Waals surface area contributed by atoms with E-state index in [1.54, 1.807) is 34.6 Å². The van der Waals surface area contributed by atoms with Crippen molar-refractivity contribution in [2.75, 3.05) is 25.0 Å². The van der Waals surface area contributed by atoms with Gasteiger partial charge in [0, 0.05) is 55.8 Å². The third-order valence-corrected chi connectivity index (χ3v) is 5.74. The number of halogens is 3. The Morgan fingerprint density at radius 1 is 1.27 bits per heavy atom. The Morgan fingerprint density at radius 3 is 2.67 bits per heavy atom. The Kier molecular flexibility index (Phi) is 6.62. The van der Waals surface area contributed by atoms with E-state index in [1.807, 2.05) is 0 Å². The minimum Gasteiger partial charge on any atom is -0.374 e. The molecule has 1 N–H and O–H groups in total. The van der Waals surface area contributed by atoms with Gasteiger partial charge in [0.05, 0.1) is 29.7 Å². The molecule has 0 spiro atoms. The first-order chi connectivity index (χ1) is 15.8. The van der Waals surface area contributed by atoms with E-state index in [9.17, 15) is 9.59 Å². The van der Waals surface area contributed by atoms with E-state index >= 15 is 8.78 Å². The molecule has 7 nitrogen and oxygen atoms in total. The third-order valence-electron chi connectivity index (χ3n) is 5.50. The minimum absolute atomic E-state index is 0.0129. The second-order valence-corrected chi connectivity index (χ2v) is 8.30. The van der Waals surface area contributed by atoms with Crippen LogP contribution in [0.5, 0.6) is 0 Å². The van der Waals surface area contributed by atoms with Crippen molar-refractivity contribution in [3.05, 3.63) is 52.8 Å². The zero-order valence-corrected chi connectivity index (χ0v) is 19.0. The number of nitrogens with zero attached hydrogens (tertiary/aromatic N) is 3. The molecule has 1 aliphatic rings. The van der Waals surface area contributed by atoms with E-state index in [2.05, 4.69) is 10.3 Å². The second kappa shape index (κ2) is 9.44. The van der Waals surface area contributed by atoms with Gasteiger partial charge in [0.25, 0.3) is 0 Å². The van der Waals surface area contributed by atoms with Gasteiger partial charge in [-0.1, -0.05) is 18.5 Å². The van der Waals surface area contributed by atoms with Gasteiger partial charge in [0.15, 0.2) is 0 Å². The van der Waals surface area contributed by atoms with Gasteiger partial charge in [-0.05, 0) is 18.2 Å². The van der Waals surface area contributed by atoms with E-state index < -0.39 is 17.5 Å². The first-order valence-electron chi connectivity index (χ1n) is 10.6. The fourth-order valence-corrected chi connectivity index (χ4v) is 4.20. The molecule has 1 aliphatic heterocycles. The molecule has 1 aromatic carbocycles. The number of imidazole rings is 1. The number of hydrogen-bond donors (Lipinski definition) is 1. The number of aromatic nitrogens is 2. The van der Waals surface area contributed by atoms with E-state index in [4.69, 9.17) is 16.3 Å². The summed E-state index contributed by atoms with van der Waals surface area (Å²) in [5, 5.41) is 2.81. The number of rotatable bonds is 5. The molecule has 10 heteroatoms. The highest BCUT2D eigenvalue weighted by Crippen LogP contribution is 2.33. The summed E-state index contributed by atoms with van der Waals surface area (Å²) < 4.78 is 37.7. The number of amides is 2. The molecule has 0 aliphatic carbocycles. The standard InChI is InChI=1S/C23H23ClF2N4O3/c1-3-21(32)29-6-7-33-16(12-29)11-19-23(28-20-8-14(24)4-5-30(19)20)22-17(25)9-15(10-18(22)26)27-13(2)31/h4-5,8-10,16H,3,6-7,11-12H2,1-2H3,(H,27,31)/t16-/m0/s1. The van der Waals surface area contributed by atoms with Crippen LogP contribution in [0.25, 0.3) is 16.9 Å². The van der Waals surface area contributed by atoms with Crippen LogP contribution in [0, 0.1) is 11.6 Å². The number of morpholine rings is 1. The van der Waals surface area contributed by atoms with Crippen LogP contribution in [0.1, 0.15) is 26.0 Å². The van der Waals surface area contributed by atoms with E-state index in [1.165, 1.54) is 6.92 Å². The first kappa shape index (κ1) is 23.1. The zero-order valence-electron chi connectivity index (χ0n) is 18.2. The van der Waals surface area contributed by atoms with Crippen LogP contribution >= 0.6 is 11.6 Å². The molecule has 0 bridgehead atoms. The lowest BCUT2D eigenvalue weighted by atomic mass is 10.0. The van der Waals surface area contributed by atoms with Gasteiger partial charge in [-0.2, -0.15) is 0 Å². The molecule has 2 amide bonds. The number of pyridine rings is 1. The summed E-state index contributed by atoms with van der Waals surface area (Å²) in [7, 11) is 0. The van der Waals surface area contributed by atoms with Crippen molar-refractivity contribution in [2.45, 2.75) is 32.8 Å². The molecule has 0 saturated carbocycles. The largest absolute Gasteiger partial charge is 0.374 e. The fourth-order valence-electron chi connectivity index (χ4n) is 4.05. The summed E-state index contributed by atoms with van der Waals surface area (Å²) >= 11 is 6.11. The highest BCUT2D eigenvalue weighted by atomic mass is 35.5. The molecule has 0 radical (unpaired) electrons. The van der Waals surface area contributed by atoms with Crippen LogP contribution in [0.15, 0.2) is 30.5 Å². The molecule has 1 fully saturated rings. The monoisotopic (exact) mass is 476 g/mol. The molecule has 3 heterocycles. The van der Waals surface area contributed by atoms with Gasteiger partial charge < -0.3 is 19.4 Å². The molecule has 3 aromatic rings. The molecular formula is C23H23ClF2N4O3. The fraction of sp³-hybridized carbons (Fsp3) is 0.348. The summed E-state index contributed by atoms with van der Waals surface area (Å²) in [5.41, 5.74) is 0.774. The van der Waals surface area contributed by atoms with Gasteiger partial charge in [0.2, 0.25) is 11.8 Å². The van der Waals surface area contributed by atoms with Crippen molar-refractivity contribution in [3.8, 4) is 11.3 Å². The van der Waals surface area contributed by atoms with Crippen molar-refractivity contribution in [2.24, 2.45) is 0 Å². The van der Waals surface area contributed by atoms with Crippen LogP contribution in [0.4, 0.5) is 14.5 Å². The van der Waals surface area contributed by atoms with E-state index in [0.29, 0.717) is 42.5 Å². The Balaban J connectivity index is 1.78. The average molecular weight is 477 g/mol. The summed E-state index contributed by atoms with van der Waals surface area (Å²) in [4.78, 5) is 29.6. The highest BCUT2D eigenvalue weighted by Gasteiger charge is 2.28.